The van der Waals surface area contributed by atoms with Crippen LogP contribution in [0, 0.1) is 13.8 Å². The van der Waals surface area contributed by atoms with Gasteiger partial charge in [-0.2, -0.15) is 4.98 Å². The third-order valence-electron chi connectivity index (χ3n) is 4.73. The molecule has 0 aromatic carbocycles. The maximum Gasteiger partial charge on any atom is 0.342 e. The number of hydrogen-bond donors (Lipinski definition) is 1. The van der Waals surface area contributed by atoms with Crippen molar-refractivity contribution in [2.24, 2.45) is 0 Å². The number of morpholine rings is 1. The van der Waals surface area contributed by atoms with E-state index in [1.54, 1.807) is 13.8 Å². The highest BCUT2D eigenvalue weighted by Gasteiger charge is 2.26. The van der Waals surface area contributed by atoms with Gasteiger partial charge in [0.15, 0.2) is 0 Å². The summed E-state index contributed by atoms with van der Waals surface area (Å²) >= 11 is 0. The van der Waals surface area contributed by atoms with Crippen LogP contribution in [0.3, 0.4) is 0 Å². The Morgan fingerprint density at radius 2 is 2.00 bits per heavy atom. The lowest BCUT2D eigenvalue weighted by Gasteiger charge is -2.30. The normalized spacial score (nSPS) is 16.4. The van der Waals surface area contributed by atoms with Crippen LogP contribution in [0.4, 0.5) is 5.82 Å². The number of aryl methyl sites for hydroxylation is 2. The number of nitrogens with one attached hydrogen (secondary N) is 1. The quantitative estimate of drug-likeness (QED) is 0.738. The highest BCUT2D eigenvalue weighted by atomic mass is 16.5. The van der Waals surface area contributed by atoms with Gasteiger partial charge in [0.2, 0.25) is 5.71 Å². The zero-order valence-corrected chi connectivity index (χ0v) is 16.5. The molecule has 3 heterocycles. The molecule has 2 aromatic heterocycles. The Morgan fingerprint density at radius 3 is 2.67 bits per heavy atom. The summed E-state index contributed by atoms with van der Waals surface area (Å²) in [6.07, 6.45) is 0.924. The summed E-state index contributed by atoms with van der Waals surface area (Å²) in [7, 11) is 0. The Morgan fingerprint density at radius 1 is 1.26 bits per heavy atom. The van der Waals surface area contributed by atoms with Crippen molar-refractivity contribution in [3.05, 3.63) is 17.1 Å². The standard InChI is InChI=1S/C19H28N4O4/c1-5-14(11-23-7-9-25-10-8-23)22-17-16-15(19(24)26-6-2)12(3)27-18(16)21-13(4)20-17/h14H,5-11H2,1-4H3,(H,20,21,22)/t14-/m1/s1. The molecule has 1 saturated heterocycles. The number of furan rings is 1. The van der Waals surface area contributed by atoms with Crippen molar-refractivity contribution in [1.82, 2.24) is 14.9 Å². The number of hydrogen-bond acceptors (Lipinski definition) is 8. The van der Waals surface area contributed by atoms with Crippen LogP contribution in [-0.2, 0) is 9.47 Å². The van der Waals surface area contributed by atoms with Gasteiger partial charge in [-0.25, -0.2) is 9.78 Å². The minimum Gasteiger partial charge on any atom is -0.462 e. The molecule has 148 valence electrons. The molecule has 8 heteroatoms. The predicted octanol–water partition coefficient (Wildman–Crippen LogP) is 2.54. The number of esters is 1. The SMILES string of the molecule is CCOC(=O)c1c(C)oc2nc(C)nc(N[C@H](CC)CN3CCOCC3)c12. The van der Waals surface area contributed by atoms with Crippen molar-refractivity contribution in [3.63, 3.8) is 0 Å². The van der Waals surface area contributed by atoms with Crippen LogP contribution in [0.25, 0.3) is 11.1 Å². The third kappa shape index (κ3) is 4.39. The molecule has 0 bridgehead atoms. The summed E-state index contributed by atoms with van der Waals surface area (Å²) in [6, 6.07) is 0.186. The summed E-state index contributed by atoms with van der Waals surface area (Å²) in [5, 5.41) is 4.10. The molecule has 1 aliphatic rings. The average molecular weight is 376 g/mol. The molecule has 1 N–H and O–H groups in total. The van der Waals surface area contributed by atoms with Gasteiger partial charge in [0.05, 0.1) is 25.2 Å². The van der Waals surface area contributed by atoms with Crippen LogP contribution in [0.1, 0.15) is 42.2 Å². The molecule has 1 aliphatic heterocycles. The van der Waals surface area contributed by atoms with E-state index >= 15 is 0 Å². The van der Waals surface area contributed by atoms with Crippen molar-refractivity contribution >= 4 is 22.9 Å². The number of carbonyl (C=O) groups excluding carboxylic acids is 1. The Hall–Kier alpha value is -2.19. The maximum absolute atomic E-state index is 12.5. The van der Waals surface area contributed by atoms with Gasteiger partial charge >= 0.3 is 5.97 Å². The van der Waals surface area contributed by atoms with Gasteiger partial charge in [-0.05, 0) is 27.2 Å². The van der Waals surface area contributed by atoms with Crippen molar-refractivity contribution < 1.29 is 18.7 Å². The lowest BCUT2D eigenvalue weighted by atomic mass is 10.1. The third-order valence-corrected chi connectivity index (χ3v) is 4.73. The molecule has 0 unspecified atom stereocenters. The summed E-state index contributed by atoms with van der Waals surface area (Å²) in [6.45, 7) is 12.0. The highest BCUT2D eigenvalue weighted by molar-refractivity contribution is 6.07. The van der Waals surface area contributed by atoms with Crippen LogP contribution < -0.4 is 5.32 Å². The van der Waals surface area contributed by atoms with Crippen LogP contribution in [0.5, 0.6) is 0 Å². The Balaban J connectivity index is 1.92. The number of anilines is 1. The minimum atomic E-state index is -0.412. The van der Waals surface area contributed by atoms with Gasteiger partial charge < -0.3 is 19.2 Å². The van der Waals surface area contributed by atoms with Crippen LogP contribution in [-0.4, -0.2) is 66.3 Å². The van der Waals surface area contributed by atoms with E-state index in [9.17, 15) is 4.79 Å². The summed E-state index contributed by atoms with van der Waals surface area (Å²) in [5.41, 5.74) is 0.808. The van der Waals surface area contributed by atoms with Crippen molar-refractivity contribution in [2.45, 2.75) is 40.2 Å². The zero-order valence-electron chi connectivity index (χ0n) is 16.5. The van der Waals surface area contributed by atoms with Gasteiger partial charge in [-0.3, -0.25) is 4.90 Å². The lowest BCUT2D eigenvalue weighted by molar-refractivity contribution is 0.0360. The highest BCUT2D eigenvalue weighted by Crippen LogP contribution is 2.31. The largest absolute Gasteiger partial charge is 0.462 e. The molecule has 2 aromatic rings. The Kier molecular flexibility index (Phi) is 6.28. The topological polar surface area (TPSA) is 89.7 Å². The maximum atomic E-state index is 12.5. The van der Waals surface area contributed by atoms with E-state index in [0.717, 1.165) is 39.3 Å². The Labute approximate surface area is 159 Å². The number of ether oxygens (including phenoxy) is 2. The number of fused-ring (bicyclic) bond motifs is 1. The predicted molar refractivity (Wildman–Crippen MR) is 102 cm³/mol. The fourth-order valence-corrected chi connectivity index (χ4v) is 3.34. The van der Waals surface area contributed by atoms with E-state index < -0.39 is 5.97 Å². The first kappa shape index (κ1) is 19.6. The second-order valence-corrected chi connectivity index (χ2v) is 6.72. The molecule has 0 saturated carbocycles. The van der Waals surface area contributed by atoms with Gasteiger partial charge in [0, 0.05) is 25.7 Å². The summed E-state index contributed by atoms with van der Waals surface area (Å²) < 4.78 is 16.4. The number of rotatable bonds is 7. The molecule has 0 aliphatic carbocycles. The molecule has 0 spiro atoms. The fraction of sp³-hybridized carbons (Fsp3) is 0.632. The number of carbonyl (C=O) groups is 1. The first-order chi connectivity index (χ1) is 13.0. The van der Waals surface area contributed by atoms with Crippen LogP contribution >= 0.6 is 0 Å². The monoisotopic (exact) mass is 376 g/mol. The molecule has 0 radical (unpaired) electrons. The van der Waals surface area contributed by atoms with E-state index in [1.165, 1.54) is 0 Å². The van der Waals surface area contributed by atoms with E-state index in [1.807, 2.05) is 6.92 Å². The molecule has 1 fully saturated rings. The molecule has 8 nitrogen and oxygen atoms in total. The summed E-state index contributed by atoms with van der Waals surface area (Å²) in [4.78, 5) is 23.8. The summed E-state index contributed by atoms with van der Waals surface area (Å²) in [5.74, 6) is 1.30. The molecule has 3 rings (SSSR count). The number of aromatic nitrogens is 2. The molecule has 0 amide bonds. The van der Waals surface area contributed by atoms with Gasteiger partial charge in [-0.15, -0.1) is 0 Å². The van der Waals surface area contributed by atoms with E-state index in [4.69, 9.17) is 13.9 Å². The van der Waals surface area contributed by atoms with Gasteiger partial charge in [0.1, 0.15) is 23.0 Å². The minimum absolute atomic E-state index is 0.186. The zero-order chi connectivity index (χ0) is 19.4. The van der Waals surface area contributed by atoms with Crippen molar-refractivity contribution in [1.29, 1.82) is 0 Å². The molecule has 1 atom stereocenters. The van der Waals surface area contributed by atoms with Crippen molar-refractivity contribution in [3.8, 4) is 0 Å². The smallest absolute Gasteiger partial charge is 0.342 e. The second kappa shape index (κ2) is 8.67. The van der Waals surface area contributed by atoms with Crippen LogP contribution in [0.15, 0.2) is 4.42 Å². The first-order valence-electron chi connectivity index (χ1n) is 9.55. The van der Waals surface area contributed by atoms with E-state index in [0.29, 0.717) is 40.7 Å². The van der Waals surface area contributed by atoms with E-state index in [-0.39, 0.29) is 6.04 Å². The average Bonchev–Trinajstić information content (AvgIpc) is 2.98. The fourth-order valence-electron chi connectivity index (χ4n) is 3.34. The molecular weight excluding hydrogens is 348 g/mol. The second-order valence-electron chi connectivity index (χ2n) is 6.72. The first-order valence-corrected chi connectivity index (χ1v) is 9.55. The van der Waals surface area contributed by atoms with Crippen LogP contribution in [0.2, 0.25) is 0 Å². The van der Waals surface area contributed by atoms with Crippen molar-refractivity contribution in [2.75, 3.05) is 44.8 Å². The molecular formula is C19H28N4O4. The van der Waals surface area contributed by atoms with E-state index in [2.05, 4.69) is 27.1 Å². The number of nitrogens with zero attached hydrogens (tertiary/aromatic N) is 3. The van der Waals surface area contributed by atoms with Gasteiger partial charge in [0.25, 0.3) is 0 Å². The van der Waals surface area contributed by atoms with Gasteiger partial charge in [-0.1, -0.05) is 6.92 Å². The lowest BCUT2D eigenvalue weighted by Crippen LogP contribution is -2.43. The molecule has 27 heavy (non-hydrogen) atoms. The Bertz CT molecular complexity index is 799.